The summed E-state index contributed by atoms with van der Waals surface area (Å²) in [5, 5.41) is 2.35. The molecule has 2 N–H and O–H groups in total. The highest BCUT2D eigenvalue weighted by atomic mass is 35.5. The van der Waals surface area contributed by atoms with Crippen molar-refractivity contribution in [3.05, 3.63) is 50.7 Å². The molecule has 2 rings (SSSR count). The van der Waals surface area contributed by atoms with Crippen molar-refractivity contribution in [2.75, 3.05) is 0 Å². The third-order valence-electron chi connectivity index (χ3n) is 2.58. The Balaban J connectivity index is 2.18. The van der Waals surface area contributed by atoms with Crippen LogP contribution in [0.2, 0.25) is 5.02 Å². The van der Waals surface area contributed by atoms with Crippen LogP contribution in [0.5, 0.6) is 0 Å². The Morgan fingerprint density at radius 2 is 2.32 bits per heavy atom. The van der Waals surface area contributed by atoms with Crippen LogP contribution in [-0.4, -0.2) is 10.8 Å². The minimum absolute atomic E-state index is 0.0153. The van der Waals surface area contributed by atoms with Crippen molar-refractivity contribution in [3.8, 4) is 0 Å². The molecule has 0 aliphatic heterocycles. The summed E-state index contributed by atoms with van der Waals surface area (Å²) in [7, 11) is 0. The van der Waals surface area contributed by atoms with Crippen LogP contribution in [0.3, 0.4) is 0 Å². The molecule has 1 aromatic heterocycles. The van der Waals surface area contributed by atoms with E-state index in [1.54, 1.807) is 18.4 Å². The highest BCUT2D eigenvalue weighted by Gasteiger charge is 2.15. The summed E-state index contributed by atoms with van der Waals surface area (Å²) >= 11 is 7.16. The van der Waals surface area contributed by atoms with Crippen molar-refractivity contribution in [1.82, 2.24) is 4.98 Å². The molecule has 1 unspecified atom stereocenters. The average molecular weight is 299 g/mol. The maximum Gasteiger partial charge on any atom is 0.186 e. The molecule has 6 heteroatoms. The van der Waals surface area contributed by atoms with Crippen molar-refractivity contribution < 1.29 is 9.18 Å². The highest BCUT2D eigenvalue weighted by Crippen LogP contribution is 2.22. The van der Waals surface area contributed by atoms with Crippen molar-refractivity contribution in [1.29, 1.82) is 0 Å². The van der Waals surface area contributed by atoms with Crippen LogP contribution < -0.4 is 5.73 Å². The lowest BCUT2D eigenvalue weighted by atomic mass is 10.1. The molecule has 19 heavy (non-hydrogen) atoms. The van der Waals surface area contributed by atoms with Crippen LogP contribution in [0.4, 0.5) is 4.39 Å². The SMILES string of the molecule is CC(N)c1nc(C(=O)Cc2cccc(F)c2Cl)cs1. The third-order valence-corrected chi connectivity index (χ3v) is 4.05. The van der Waals surface area contributed by atoms with Crippen molar-refractivity contribution in [3.63, 3.8) is 0 Å². The number of nitrogens with zero attached hydrogens (tertiary/aromatic N) is 1. The normalized spacial score (nSPS) is 12.4. The number of hydrogen-bond donors (Lipinski definition) is 1. The molecular formula is C13H12ClFN2OS. The molecule has 0 saturated heterocycles. The van der Waals surface area contributed by atoms with Gasteiger partial charge in [-0.05, 0) is 18.6 Å². The first kappa shape index (κ1) is 14.1. The summed E-state index contributed by atoms with van der Waals surface area (Å²) in [5.41, 5.74) is 6.49. The Morgan fingerprint density at radius 1 is 1.58 bits per heavy atom. The molecule has 0 fully saturated rings. The molecular weight excluding hydrogens is 287 g/mol. The monoisotopic (exact) mass is 298 g/mol. The molecule has 1 heterocycles. The standard InChI is InChI=1S/C13H12ClFN2OS/c1-7(16)13-17-10(6-19-13)11(18)5-8-3-2-4-9(15)12(8)14/h2-4,6-7H,5,16H2,1H3. The van der Waals surface area contributed by atoms with Gasteiger partial charge in [0.05, 0.1) is 11.1 Å². The average Bonchev–Trinajstić information content (AvgIpc) is 2.84. The minimum Gasteiger partial charge on any atom is -0.322 e. The molecule has 1 aromatic carbocycles. The predicted molar refractivity (Wildman–Crippen MR) is 74.2 cm³/mol. The van der Waals surface area contributed by atoms with E-state index in [-0.39, 0.29) is 23.3 Å². The van der Waals surface area contributed by atoms with Gasteiger partial charge in [0.1, 0.15) is 16.5 Å². The topological polar surface area (TPSA) is 56.0 Å². The number of halogens is 2. The van der Waals surface area contributed by atoms with Crippen LogP contribution in [0.1, 0.15) is 34.0 Å². The molecule has 0 radical (unpaired) electrons. The second kappa shape index (κ2) is 5.77. The number of Topliss-reactive ketones (excluding diaryl/α,β-unsaturated/α-hetero) is 1. The van der Waals surface area contributed by atoms with Crippen LogP contribution >= 0.6 is 22.9 Å². The predicted octanol–water partition coefficient (Wildman–Crippen LogP) is 3.38. The van der Waals surface area contributed by atoms with Gasteiger partial charge in [0.25, 0.3) is 0 Å². The maximum atomic E-state index is 13.3. The van der Waals surface area contributed by atoms with Gasteiger partial charge in [-0.15, -0.1) is 11.3 Å². The zero-order valence-corrected chi connectivity index (χ0v) is 11.8. The lowest BCUT2D eigenvalue weighted by Crippen LogP contribution is -2.08. The van der Waals surface area contributed by atoms with E-state index in [0.717, 1.165) is 0 Å². The van der Waals surface area contributed by atoms with Gasteiger partial charge in [-0.3, -0.25) is 4.79 Å². The first-order valence-corrected chi connectivity index (χ1v) is 6.92. The van der Waals surface area contributed by atoms with E-state index in [1.807, 2.05) is 0 Å². The number of carbonyl (C=O) groups is 1. The molecule has 0 bridgehead atoms. The van der Waals surface area contributed by atoms with E-state index in [1.165, 1.54) is 23.5 Å². The minimum atomic E-state index is -0.526. The Kier molecular flexibility index (Phi) is 4.29. The Labute approximate surface area is 119 Å². The number of aromatic nitrogens is 1. The van der Waals surface area contributed by atoms with E-state index in [4.69, 9.17) is 17.3 Å². The summed E-state index contributed by atoms with van der Waals surface area (Å²) in [5.74, 6) is -0.725. The van der Waals surface area contributed by atoms with Gasteiger partial charge in [0.15, 0.2) is 5.78 Å². The molecule has 3 nitrogen and oxygen atoms in total. The molecule has 1 atom stereocenters. The van der Waals surface area contributed by atoms with Gasteiger partial charge < -0.3 is 5.73 Å². The van der Waals surface area contributed by atoms with Crippen molar-refractivity contribution in [2.24, 2.45) is 5.73 Å². The first-order chi connectivity index (χ1) is 8.99. The molecule has 2 aromatic rings. The van der Waals surface area contributed by atoms with E-state index in [0.29, 0.717) is 16.3 Å². The van der Waals surface area contributed by atoms with Gasteiger partial charge in [-0.1, -0.05) is 23.7 Å². The van der Waals surface area contributed by atoms with Gasteiger partial charge in [0, 0.05) is 11.8 Å². The molecule has 0 aliphatic carbocycles. The summed E-state index contributed by atoms with van der Waals surface area (Å²) in [6, 6.07) is 4.21. The van der Waals surface area contributed by atoms with Gasteiger partial charge in [-0.2, -0.15) is 0 Å². The zero-order chi connectivity index (χ0) is 14.0. The van der Waals surface area contributed by atoms with E-state index in [9.17, 15) is 9.18 Å². The lowest BCUT2D eigenvalue weighted by Gasteiger charge is -2.03. The van der Waals surface area contributed by atoms with Gasteiger partial charge in [-0.25, -0.2) is 9.37 Å². The van der Waals surface area contributed by atoms with Gasteiger partial charge in [0.2, 0.25) is 0 Å². The number of carbonyl (C=O) groups excluding carboxylic acids is 1. The van der Waals surface area contributed by atoms with E-state index in [2.05, 4.69) is 4.98 Å². The molecule has 100 valence electrons. The van der Waals surface area contributed by atoms with Crippen molar-refractivity contribution in [2.45, 2.75) is 19.4 Å². The quantitative estimate of drug-likeness (QED) is 0.880. The number of nitrogens with two attached hydrogens (primary N) is 1. The van der Waals surface area contributed by atoms with Crippen LogP contribution in [0.25, 0.3) is 0 Å². The third kappa shape index (κ3) is 3.18. The Hall–Kier alpha value is -1.30. The van der Waals surface area contributed by atoms with Crippen LogP contribution in [-0.2, 0) is 6.42 Å². The molecule has 0 aliphatic rings. The number of rotatable bonds is 4. The number of ketones is 1. The fourth-order valence-electron chi connectivity index (χ4n) is 1.57. The summed E-state index contributed by atoms with van der Waals surface area (Å²) in [6.07, 6.45) is 0.0265. The Morgan fingerprint density at radius 3 is 2.95 bits per heavy atom. The van der Waals surface area contributed by atoms with E-state index < -0.39 is 5.82 Å². The van der Waals surface area contributed by atoms with Gasteiger partial charge >= 0.3 is 0 Å². The summed E-state index contributed by atoms with van der Waals surface area (Å²) in [6.45, 7) is 1.80. The number of hydrogen-bond acceptors (Lipinski definition) is 4. The van der Waals surface area contributed by atoms with Crippen LogP contribution in [0, 0.1) is 5.82 Å². The second-order valence-electron chi connectivity index (χ2n) is 4.17. The van der Waals surface area contributed by atoms with Crippen molar-refractivity contribution >= 4 is 28.7 Å². The Bertz CT molecular complexity index is 612. The number of benzene rings is 1. The molecule has 0 amide bonds. The highest BCUT2D eigenvalue weighted by molar-refractivity contribution is 7.09. The fourth-order valence-corrected chi connectivity index (χ4v) is 2.55. The largest absolute Gasteiger partial charge is 0.322 e. The maximum absolute atomic E-state index is 13.3. The smallest absolute Gasteiger partial charge is 0.186 e. The summed E-state index contributed by atoms with van der Waals surface area (Å²) < 4.78 is 13.3. The molecule has 0 spiro atoms. The first-order valence-electron chi connectivity index (χ1n) is 5.66. The van der Waals surface area contributed by atoms with Crippen LogP contribution in [0.15, 0.2) is 23.6 Å². The second-order valence-corrected chi connectivity index (χ2v) is 5.44. The number of thiazole rings is 1. The van der Waals surface area contributed by atoms with E-state index >= 15 is 0 Å². The zero-order valence-electron chi connectivity index (χ0n) is 10.2. The summed E-state index contributed by atoms with van der Waals surface area (Å²) in [4.78, 5) is 16.2. The lowest BCUT2D eigenvalue weighted by molar-refractivity contribution is 0.0988. The molecule has 0 saturated carbocycles. The fraction of sp³-hybridized carbons (Fsp3) is 0.231.